The molecule has 1 amide bonds. The standard InChI is InChI=1S/C15H23F3N4O5S/c1-5-6-9-7-22(13(23)27-9)8-10(11(19-2)14(16,17)18)21(3)20-12(28)15(24,25)26-4/h9,24-25H,2,5-8H2,1,3-4H3,(H,20,28)/b11-10-. The lowest BCUT2D eigenvalue weighted by molar-refractivity contribution is -0.271. The summed E-state index contributed by atoms with van der Waals surface area (Å²) < 4.78 is 49.6. The zero-order chi connectivity index (χ0) is 21.7. The van der Waals surface area contributed by atoms with Crippen LogP contribution in [-0.4, -0.2) is 83.5 Å². The van der Waals surface area contributed by atoms with Gasteiger partial charge >= 0.3 is 18.2 Å². The van der Waals surface area contributed by atoms with Gasteiger partial charge < -0.3 is 19.7 Å². The van der Waals surface area contributed by atoms with Crippen LogP contribution in [-0.2, 0) is 9.47 Å². The van der Waals surface area contributed by atoms with E-state index in [1.54, 1.807) is 0 Å². The third-order valence-electron chi connectivity index (χ3n) is 3.81. The van der Waals surface area contributed by atoms with Gasteiger partial charge in [-0.25, -0.2) is 4.79 Å². The molecule has 1 atom stereocenters. The van der Waals surface area contributed by atoms with Crippen molar-refractivity contribution in [1.29, 1.82) is 0 Å². The number of hydrazone groups is 1. The topological polar surface area (TPSA) is 107 Å². The molecule has 1 fully saturated rings. The zero-order valence-electron chi connectivity index (χ0n) is 15.6. The van der Waals surface area contributed by atoms with Crippen LogP contribution in [0.1, 0.15) is 19.8 Å². The van der Waals surface area contributed by atoms with Gasteiger partial charge in [0, 0.05) is 14.2 Å². The Bertz CT molecular complexity index is 654. The largest absolute Gasteiger partial charge is 0.444 e. The fraction of sp³-hybridized carbons (Fsp3) is 0.667. The quantitative estimate of drug-likeness (QED) is 0.169. The summed E-state index contributed by atoms with van der Waals surface area (Å²) in [6, 6.07) is 0. The lowest BCUT2D eigenvalue weighted by atomic mass is 10.2. The first-order chi connectivity index (χ1) is 12.9. The Labute approximate surface area is 165 Å². The van der Waals surface area contributed by atoms with Gasteiger partial charge in [0.15, 0.2) is 10.7 Å². The normalized spacial score (nSPS) is 19.5. The summed E-state index contributed by atoms with van der Waals surface area (Å²) in [6.07, 6.45) is -4.82. The molecule has 0 radical (unpaired) electrons. The lowest BCUT2D eigenvalue weighted by Crippen LogP contribution is -2.39. The van der Waals surface area contributed by atoms with E-state index in [9.17, 15) is 28.2 Å². The highest BCUT2D eigenvalue weighted by molar-refractivity contribution is 7.97. The molecule has 160 valence electrons. The van der Waals surface area contributed by atoms with Crippen LogP contribution < -0.4 is 0 Å². The Morgan fingerprint density at radius 2 is 2.11 bits per heavy atom. The molecule has 1 heterocycles. The molecule has 13 heteroatoms. The molecule has 2 N–H and O–H groups in total. The Morgan fingerprint density at radius 1 is 1.50 bits per heavy atom. The molecule has 1 aliphatic heterocycles. The van der Waals surface area contributed by atoms with E-state index in [1.807, 2.05) is 6.92 Å². The molecule has 1 unspecified atom stereocenters. The predicted octanol–water partition coefficient (Wildman–Crippen LogP) is 1.54. The van der Waals surface area contributed by atoms with Crippen molar-refractivity contribution in [2.75, 3.05) is 27.2 Å². The Balaban J connectivity index is 3.29. The number of ether oxygens (including phenoxy) is 2. The van der Waals surface area contributed by atoms with Crippen LogP contribution in [0.2, 0.25) is 0 Å². The summed E-state index contributed by atoms with van der Waals surface area (Å²) in [6.45, 7) is 4.35. The summed E-state index contributed by atoms with van der Waals surface area (Å²) in [7, 11) is 2.03. The number of aliphatic hydroxyl groups is 2. The minimum Gasteiger partial charge on any atom is -0.444 e. The maximum Gasteiger partial charge on any atom is 0.435 e. The van der Waals surface area contributed by atoms with Crippen molar-refractivity contribution in [2.45, 2.75) is 38.0 Å². The third kappa shape index (κ3) is 6.09. The smallest absolute Gasteiger partial charge is 0.435 e. The van der Waals surface area contributed by atoms with Crippen LogP contribution in [0.4, 0.5) is 18.0 Å². The number of allylic oxidation sites excluding steroid dienone is 1. The highest BCUT2D eigenvalue weighted by Crippen LogP contribution is 2.31. The summed E-state index contributed by atoms with van der Waals surface area (Å²) >= 11 is 3.73. The van der Waals surface area contributed by atoms with E-state index in [0.717, 1.165) is 25.5 Å². The molecule has 9 nitrogen and oxygen atoms in total. The number of likely N-dealkylation sites (N-methyl/N-ethyl adjacent to an activating group) is 1. The van der Waals surface area contributed by atoms with Crippen molar-refractivity contribution in [3.63, 3.8) is 0 Å². The number of alkyl halides is 3. The molecule has 0 saturated carbocycles. The minimum absolute atomic E-state index is 0.0890. The van der Waals surface area contributed by atoms with Crippen molar-refractivity contribution in [3.05, 3.63) is 11.4 Å². The van der Waals surface area contributed by atoms with Gasteiger partial charge in [0.1, 0.15) is 6.10 Å². The Morgan fingerprint density at radius 3 is 2.57 bits per heavy atom. The molecule has 0 aliphatic carbocycles. The zero-order valence-corrected chi connectivity index (χ0v) is 16.5. The number of cyclic esters (lactones) is 1. The molecule has 1 aliphatic rings. The molecule has 0 spiro atoms. The monoisotopic (exact) mass is 428 g/mol. The number of rotatable bonds is 9. The van der Waals surface area contributed by atoms with E-state index in [0.29, 0.717) is 11.4 Å². The summed E-state index contributed by atoms with van der Waals surface area (Å²) in [5.74, 6) is -2.92. The molecule has 28 heavy (non-hydrogen) atoms. The minimum atomic E-state index is -4.90. The first-order valence-corrected chi connectivity index (χ1v) is 8.56. The van der Waals surface area contributed by atoms with Crippen molar-refractivity contribution in [2.24, 2.45) is 10.1 Å². The van der Waals surface area contributed by atoms with E-state index in [2.05, 4.69) is 34.2 Å². The number of methoxy groups -OCH3 is 1. The molecule has 0 aromatic carbocycles. The number of carbonyl (C=O) groups excluding carboxylic acids is 1. The van der Waals surface area contributed by atoms with Gasteiger partial charge in [0.25, 0.3) is 0 Å². The SMILES string of the molecule is C=N/C(=C(/CN1CC(CCC)OC1=O)N(C)/N=C(\S)C(O)(O)OC)C(F)(F)F. The molecule has 0 bridgehead atoms. The number of aliphatic imine (C=N–C) groups is 1. The number of carbonyl (C=O) groups is 1. The van der Waals surface area contributed by atoms with Gasteiger partial charge in [0.2, 0.25) is 0 Å². The van der Waals surface area contributed by atoms with Gasteiger partial charge in [0.05, 0.1) is 18.8 Å². The van der Waals surface area contributed by atoms with E-state index in [1.165, 1.54) is 0 Å². The van der Waals surface area contributed by atoms with Gasteiger partial charge in [-0.05, 0) is 13.1 Å². The number of nitrogens with zero attached hydrogens (tertiary/aromatic N) is 4. The fourth-order valence-corrected chi connectivity index (χ4v) is 2.62. The van der Waals surface area contributed by atoms with Gasteiger partial charge in [-0.15, -0.1) is 12.6 Å². The number of amides is 1. The van der Waals surface area contributed by atoms with Crippen LogP contribution in [0.25, 0.3) is 0 Å². The van der Waals surface area contributed by atoms with E-state index < -0.39 is 47.3 Å². The van der Waals surface area contributed by atoms with E-state index in [4.69, 9.17) is 4.74 Å². The van der Waals surface area contributed by atoms with E-state index in [-0.39, 0.29) is 6.54 Å². The van der Waals surface area contributed by atoms with Crippen LogP contribution in [0.15, 0.2) is 21.5 Å². The van der Waals surface area contributed by atoms with Gasteiger partial charge in [-0.3, -0.25) is 14.9 Å². The second kappa shape index (κ2) is 9.58. The van der Waals surface area contributed by atoms with Crippen LogP contribution in [0.3, 0.4) is 0 Å². The van der Waals surface area contributed by atoms with Crippen LogP contribution in [0.5, 0.6) is 0 Å². The maximum absolute atomic E-state index is 13.4. The van der Waals surface area contributed by atoms with E-state index >= 15 is 0 Å². The lowest BCUT2D eigenvalue weighted by Gasteiger charge is -2.26. The van der Waals surface area contributed by atoms with Crippen molar-refractivity contribution >= 4 is 30.5 Å². The van der Waals surface area contributed by atoms with Crippen molar-refractivity contribution in [1.82, 2.24) is 9.91 Å². The number of thiol groups is 1. The van der Waals surface area contributed by atoms with Crippen molar-refractivity contribution in [3.8, 4) is 0 Å². The van der Waals surface area contributed by atoms with Gasteiger partial charge in [-0.2, -0.15) is 18.3 Å². The molecule has 0 aromatic rings. The molecular formula is C15H23F3N4O5S. The number of hydrogen-bond donors (Lipinski definition) is 3. The van der Waals surface area contributed by atoms with Gasteiger partial charge in [-0.1, -0.05) is 13.3 Å². The molecule has 1 rings (SSSR count). The summed E-state index contributed by atoms with van der Waals surface area (Å²) in [5.41, 5.74) is -1.97. The first-order valence-electron chi connectivity index (χ1n) is 8.11. The highest BCUT2D eigenvalue weighted by Gasteiger charge is 2.40. The van der Waals surface area contributed by atoms with Crippen LogP contribution >= 0.6 is 12.6 Å². The molecular weight excluding hydrogens is 405 g/mol. The summed E-state index contributed by atoms with van der Waals surface area (Å²) in [4.78, 5) is 16.1. The third-order valence-corrected chi connectivity index (χ3v) is 4.19. The number of halogens is 3. The fourth-order valence-electron chi connectivity index (χ4n) is 2.39. The van der Waals surface area contributed by atoms with Crippen LogP contribution in [0, 0.1) is 0 Å². The second-order valence-electron chi connectivity index (χ2n) is 5.89. The predicted molar refractivity (Wildman–Crippen MR) is 97.7 cm³/mol. The average molecular weight is 428 g/mol. The highest BCUT2D eigenvalue weighted by atomic mass is 32.1. The van der Waals surface area contributed by atoms with Crippen molar-refractivity contribution < 1.29 is 37.7 Å². The number of hydrogen-bond acceptors (Lipinski definition) is 8. The molecule has 0 aromatic heterocycles. The Hall–Kier alpha value is -1.83. The Kier molecular flexibility index (Phi) is 8.29. The second-order valence-corrected chi connectivity index (χ2v) is 6.31. The average Bonchev–Trinajstić information content (AvgIpc) is 2.92. The first kappa shape index (κ1) is 24.2. The molecule has 1 saturated heterocycles. The maximum atomic E-state index is 13.4. The summed E-state index contributed by atoms with van der Waals surface area (Å²) in [5, 5.41) is 22.6.